The van der Waals surface area contributed by atoms with E-state index < -0.39 is 17.8 Å². The van der Waals surface area contributed by atoms with Crippen LogP contribution in [0.25, 0.3) is 0 Å². The van der Waals surface area contributed by atoms with E-state index in [1.807, 2.05) is 24.3 Å². The molecule has 1 saturated heterocycles. The van der Waals surface area contributed by atoms with Crippen LogP contribution in [0.3, 0.4) is 0 Å². The van der Waals surface area contributed by atoms with Gasteiger partial charge < -0.3 is 14.5 Å². The van der Waals surface area contributed by atoms with Crippen molar-refractivity contribution in [1.29, 1.82) is 0 Å². The zero-order valence-electron chi connectivity index (χ0n) is 14.6. The molecular formula is C20H18N2O5. The first-order valence-corrected chi connectivity index (χ1v) is 8.74. The third-order valence-electron chi connectivity index (χ3n) is 4.61. The quantitative estimate of drug-likeness (QED) is 0.769. The summed E-state index contributed by atoms with van der Waals surface area (Å²) in [6.45, 7) is 3.07. The summed E-state index contributed by atoms with van der Waals surface area (Å²) in [6.07, 6.45) is -0.0310. The summed E-state index contributed by atoms with van der Waals surface area (Å²) in [5, 5.41) is 0.537. The fourth-order valence-electron chi connectivity index (χ4n) is 3.20. The highest BCUT2D eigenvalue weighted by atomic mass is 16.7. The number of benzene rings is 2. The Morgan fingerprint density at radius 1 is 0.926 bits per heavy atom. The minimum absolute atomic E-state index is 0.0310. The van der Waals surface area contributed by atoms with E-state index >= 15 is 0 Å². The summed E-state index contributed by atoms with van der Waals surface area (Å²) in [5.74, 6) is -1.90. The van der Waals surface area contributed by atoms with Crippen molar-refractivity contribution in [3.63, 3.8) is 0 Å². The molecule has 2 aromatic rings. The summed E-state index contributed by atoms with van der Waals surface area (Å²) < 4.78 is 5.34. The average molecular weight is 366 g/mol. The third-order valence-corrected chi connectivity index (χ3v) is 4.61. The zero-order valence-corrected chi connectivity index (χ0v) is 14.6. The lowest BCUT2D eigenvalue weighted by Crippen LogP contribution is -2.36. The minimum atomic E-state index is -0.663. The smallest absolute Gasteiger partial charge is 0.337 e. The first kappa shape index (κ1) is 17.2. The monoisotopic (exact) mass is 366 g/mol. The molecule has 2 aliphatic rings. The van der Waals surface area contributed by atoms with Crippen molar-refractivity contribution in [2.45, 2.75) is 6.42 Å². The summed E-state index contributed by atoms with van der Waals surface area (Å²) >= 11 is 0. The molecule has 138 valence electrons. The molecule has 4 rings (SSSR count). The van der Waals surface area contributed by atoms with Crippen LogP contribution in [0.1, 0.15) is 26.3 Å². The highest BCUT2D eigenvalue weighted by Crippen LogP contribution is 2.23. The first-order valence-electron chi connectivity index (χ1n) is 8.74. The third kappa shape index (κ3) is 3.41. The Hall–Kier alpha value is -3.19. The molecule has 0 unspecified atom stereocenters. The Labute approximate surface area is 156 Å². The van der Waals surface area contributed by atoms with Crippen molar-refractivity contribution < 1.29 is 24.0 Å². The second-order valence-electron chi connectivity index (χ2n) is 6.36. The van der Waals surface area contributed by atoms with Gasteiger partial charge in [0.05, 0.1) is 30.8 Å². The van der Waals surface area contributed by atoms with Crippen molar-refractivity contribution in [1.82, 2.24) is 5.06 Å². The Kier molecular flexibility index (Phi) is 4.60. The van der Waals surface area contributed by atoms with Crippen LogP contribution in [-0.2, 0) is 20.8 Å². The van der Waals surface area contributed by atoms with Gasteiger partial charge in [-0.2, -0.15) is 0 Å². The predicted molar refractivity (Wildman–Crippen MR) is 96.2 cm³/mol. The number of carbonyl (C=O) groups excluding carboxylic acids is 3. The van der Waals surface area contributed by atoms with Crippen molar-refractivity contribution in [2.75, 3.05) is 31.2 Å². The molecule has 0 radical (unpaired) electrons. The Morgan fingerprint density at radius 3 is 2.11 bits per heavy atom. The minimum Gasteiger partial charge on any atom is -0.378 e. The highest BCUT2D eigenvalue weighted by Gasteiger charge is 2.38. The van der Waals surface area contributed by atoms with Gasteiger partial charge in [-0.3, -0.25) is 9.59 Å². The molecule has 27 heavy (non-hydrogen) atoms. The lowest BCUT2D eigenvalue weighted by Gasteiger charge is -2.28. The van der Waals surface area contributed by atoms with Gasteiger partial charge in [-0.1, -0.05) is 29.3 Å². The van der Waals surface area contributed by atoms with Crippen LogP contribution in [0.15, 0.2) is 48.5 Å². The maximum absolute atomic E-state index is 12.2. The topological polar surface area (TPSA) is 76.2 Å². The summed E-state index contributed by atoms with van der Waals surface area (Å²) in [4.78, 5) is 43.9. The van der Waals surface area contributed by atoms with E-state index in [9.17, 15) is 14.4 Å². The molecule has 0 aromatic heterocycles. The Bertz CT molecular complexity index is 853. The van der Waals surface area contributed by atoms with E-state index in [2.05, 4.69) is 4.90 Å². The van der Waals surface area contributed by atoms with Crippen LogP contribution in [0.4, 0.5) is 5.69 Å². The summed E-state index contributed by atoms with van der Waals surface area (Å²) in [5.41, 5.74) is 2.29. The lowest BCUT2D eigenvalue weighted by molar-refractivity contribution is -0.167. The van der Waals surface area contributed by atoms with Crippen LogP contribution >= 0.6 is 0 Å². The number of hydroxylamine groups is 2. The Balaban J connectivity index is 1.38. The fraction of sp³-hybridized carbons (Fsp3) is 0.250. The zero-order chi connectivity index (χ0) is 18.8. The molecular weight excluding hydrogens is 348 g/mol. The molecule has 7 nitrogen and oxygen atoms in total. The maximum atomic E-state index is 12.2. The number of fused-ring (bicyclic) bond motifs is 1. The normalized spacial score (nSPS) is 16.4. The molecule has 0 atom stereocenters. The van der Waals surface area contributed by atoms with Gasteiger partial charge >= 0.3 is 5.97 Å². The summed E-state index contributed by atoms with van der Waals surface area (Å²) in [6, 6.07) is 14.0. The molecule has 0 N–H and O–H groups in total. The van der Waals surface area contributed by atoms with Gasteiger partial charge in [-0.25, -0.2) is 4.79 Å². The number of anilines is 1. The number of imide groups is 1. The van der Waals surface area contributed by atoms with E-state index in [0.29, 0.717) is 18.3 Å². The molecule has 2 heterocycles. The van der Waals surface area contributed by atoms with Crippen LogP contribution in [0.2, 0.25) is 0 Å². The fourth-order valence-corrected chi connectivity index (χ4v) is 3.20. The largest absolute Gasteiger partial charge is 0.378 e. The van der Waals surface area contributed by atoms with Crippen LogP contribution in [-0.4, -0.2) is 49.2 Å². The van der Waals surface area contributed by atoms with Crippen molar-refractivity contribution >= 4 is 23.5 Å². The number of hydrogen-bond donors (Lipinski definition) is 0. The Morgan fingerprint density at radius 2 is 1.52 bits per heavy atom. The van der Waals surface area contributed by atoms with E-state index in [-0.39, 0.29) is 17.5 Å². The van der Waals surface area contributed by atoms with Gasteiger partial charge in [0.15, 0.2) is 0 Å². The van der Waals surface area contributed by atoms with Gasteiger partial charge in [0.1, 0.15) is 0 Å². The molecule has 0 aliphatic carbocycles. The number of carbonyl (C=O) groups is 3. The first-order chi connectivity index (χ1) is 13.1. The van der Waals surface area contributed by atoms with E-state index in [0.717, 1.165) is 24.3 Å². The molecule has 0 spiro atoms. The van der Waals surface area contributed by atoms with Gasteiger partial charge in [0.25, 0.3) is 11.8 Å². The number of amides is 2. The molecule has 0 saturated carbocycles. The van der Waals surface area contributed by atoms with E-state index in [1.54, 1.807) is 12.1 Å². The van der Waals surface area contributed by atoms with Gasteiger partial charge in [-0.05, 0) is 29.8 Å². The molecule has 2 aromatic carbocycles. The van der Waals surface area contributed by atoms with Crippen molar-refractivity contribution in [3.8, 4) is 0 Å². The summed E-state index contributed by atoms with van der Waals surface area (Å²) in [7, 11) is 0. The van der Waals surface area contributed by atoms with Crippen molar-refractivity contribution in [2.24, 2.45) is 0 Å². The van der Waals surface area contributed by atoms with Gasteiger partial charge in [0, 0.05) is 18.8 Å². The number of rotatable bonds is 4. The maximum Gasteiger partial charge on any atom is 0.337 e. The molecule has 1 fully saturated rings. The highest BCUT2D eigenvalue weighted by molar-refractivity contribution is 6.20. The molecule has 7 heteroatoms. The van der Waals surface area contributed by atoms with E-state index in [4.69, 9.17) is 9.57 Å². The predicted octanol–water partition coefficient (Wildman–Crippen LogP) is 1.82. The number of nitrogens with zero attached hydrogens (tertiary/aromatic N) is 2. The van der Waals surface area contributed by atoms with Crippen molar-refractivity contribution in [3.05, 3.63) is 65.2 Å². The average Bonchev–Trinajstić information content (AvgIpc) is 2.94. The molecule has 2 aliphatic heterocycles. The molecule has 0 bridgehead atoms. The van der Waals surface area contributed by atoms with Crippen LogP contribution < -0.4 is 4.90 Å². The standard InChI is InChI=1S/C20H18N2O5/c23-18(27-22-19(24)16-3-1-2-4-17(16)20(22)25)13-14-5-7-15(8-6-14)21-9-11-26-12-10-21/h1-8H,9-13H2. The number of morpholine rings is 1. The van der Waals surface area contributed by atoms with Gasteiger partial charge in [-0.15, -0.1) is 0 Å². The second kappa shape index (κ2) is 7.20. The lowest BCUT2D eigenvalue weighted by atomic mass is 10.1. The van der Waals surface area contributed by atoms with Crippen LogP contribution in [0, 0.1) is 0 Å². The second-order valence-corrected chi connectivity index (χ2v) is 6.36. The number of hydrogen-bond acceptors (Lipinski definition) is 6. The SMILES string of the molecule is O=C(Cc1ccc(N2CCOCC2)cc1)ON1C(=O)c2ccccc2C1=O. The molecule has 2 amide bonds. The number of ether oxygens (including phenoxy) is 1. The van der Waals surface area contributed by atoms with E-state index in [1.165, 1.54) is 12.1 Å². The van der Waals surface area contributed by atoms with Crippen LogP contribution in [0.5, 0.6) is 0 Å². The van der Waals surface area contributed by atoms with Gasteiger partial charge in [0.2, 0.25) is 0 Å².